The molecular weight excluding hydrogens is 268 g/mol. The van der Waals surface area contributed by atoms with E-state index in [0.717, 1.165) is 5.69 Å². The SMILES string of the molecule is COc1cc(-n2nncc2CCN)c(OC)cc1Cl. The number of nitrogens with zero attached hydrogens (tertiary/aromatic N) is 3. The zero-order valence-electron chi connectivity index (χ0n) is 10.8. The highest BCUT2D eigenvalue weighted by atomic mass is 35.5. The second-order valence-electron chi connectivity index (χ2n) is 3.83. The van der Waals surface area contributed by atoms with E-state index in [4.69, 9.17) is 26.8 Å². The molecular formula is C12H15ClN4O2. The minimum absolute atomic E-state index is 0.476. The molecule has 0 atom stereocenters. The Hall–Kier alpha value is -1.79. The van der Waals surface area contributed by atoms with Crippen LogP contribution in [0.1, 0.15) is 5.69 Å². The van der Waals surface area contributed by atoms with E-state index in [1.807, 2.05) is 0 Å². The number of ether oxygens (including phenoxy) is 2. The molecule has 0 radical (unpaired) electrons. The lowest BCUT2D eigenvalue weighted by Crippen LogP contribution is -2.10. The summed E-state index contributed by atoms with van der Waals surface area (Å²) in [5, 5.41) is 8.43. The molecule has 1 heterocycles. The fourth-order valence-electron chi connectivity index (χ4n) is 1.79. The molecule has 1 aromatic heterocycles. The largest absolute Gasteiger partial charge is 0.495 e. The number of rotatable bonds is 5. The van der Waals surface area contributed by atoms with E-state index < -0.39 is 0 Å². The van der Waals surface area contributed by atoms with E-state index in [-0.39, 0.29) is 0 Å². The average Bonchev–Trinajstić information content (AvgIpc) is 2.87. The molecule has 0 saturated carbocycles. The molecule has 6 nitrogen and oxygen atoms in total. The third-order valence-corrected chi connectivity index (χ3v) is 3.00. The molecule has 0 fully saturated rings. The van der Waals surface area contributed by atoms with Crippen LogP contribution < -0.4 is 15.2 Å². The molecule has 0 bridgehead atoms. The summed E-state index contributed by atoms with van der Waals surface area (Å²) in [5.74, 6) is 1.14. The lowest BCUT2D eigenvalue weighted by molar-refractivity contribution is 0.400. The molecule has 2 rings (SSSR count). The Bertz CT molecular complexity index is 571. The van der Waals surface area contributed by atoms with Crippen molar-refractivity contribution < 1.29 is 9.47 Å². The smallest absolute Gasteiger partial charge is 0.146 e. The van der Waals surface area contributed by atoms with Gasteiger partial charge in [0.2, 0.25) is 0 Å². The van der Waals surface area contributed by atoms with Crippen molar-refractivity contribution in [3.63, 3.8) is 0 Å². The molecule has 0 aliphatic carbocycles. The Kier molecular flexibility index (Phi) is 4.24. The highest BCUT2D eigenvalue weighted by molar-refractivity contribution is 6.32. The van der Waals surface area contributed by atoms with Gasteiger partial charge in [-0.15, -0.1) is 5.10 Å². The van der Waals surface area contributed by atoms with Gasteiger partial charge in [0.15, 0.2) is 0 Å². The number of halogens is 1. The van der Waals surface area contributed by atoms with Gasteiger partial charge in [0.05, 0.1) is 31.1 Å². The first kappa shape index (κ1) is 13.6. The van der Waals surface area contributed by atoms with Gasteiger partial charge in [-0.05, 0) is 6.54 Å². The predicted molar refractivity (Wildman–Crippen MR) is 72.2 cm³/mol. The van der Waals surface area contributed by atoms with Crippen molar-refractivity contribution in [1.82, 2.24) is 15.0 Å². The van der Waals surface area contributed by atoms with Crippen LogP contribution in [0.2, 0.25) is 5.02 Å². The molecule has 0 unspecified atom stereocenters. The minimum Gasteiger partial charge on any atom is -0.495 e. The maximum Gasteiger partial charge on any atom is 0.146 e. The second kappa shape index (κ2) is 5.90. The van der Waals surface area contributed by atoms with Gasteiger partial charge in [0.25, 0.3) is 0 Å². The van der Waals surface area contributed by atoms with Crippen LogP contribution in [-0.2, 0) is 6.42 Å². The van der Waals surface area contributed by atoms with Gasteiger partial charge in [-0.2, -0.15) is 0 Å². The molecule has 2 N–H and O–H groups in total. The number of methoxy groups -OCH3 is 2. The Morgan fingerprint density at radius 1 is 1.26 bits per heavy atom. The van der Waals surface area contributed by atoms with E-state index in [1.165, 1.54) is 0 Å². The third-order valence-electron chi connectivity index (χ3n) is 2.70. The number of hydrogen-bond acceptors (Lipinski definition) is 5. The molecule has 102 valence electrons. The summed E-state index contributed by atoms with van der Waals surface area (Å²) in [4.78, 5) is 0. The Morgan fingerprint density at radius 3 is 2.63 bits per heavy atom. The summed E-state index contributed by atoms with van der Waals surface area (Å²) in [5.41, 5.74) is 7.18. The number of benzene rings is 1. The quantitative estimate of drug-likeness (QED) is 0.898. The Morgan fingerprint density at radius 2 is 2.00 bits per heavy atom. The number of aromatic nitrogens is 3. The fraction of sp³-hybridized carbons (Fsp3) is 0.333. The average molecular weight is 283 g/mol. The molecule has 19 heavy (non-hydrogen) atoms. The lowest BCUT2D eigenvalue weighted by Gasteiger charge is -2.13. The molecule has 1 aromatic carbocycles. The van der Waals surface area contributed by atoms with Gasteiger partial charge in [-0.3, -0.25) is 0 Å². The molecule has 7 heteroatoms. The van der Waals surface area contributed by atoms with Crippen LogP contribution in [0.25, 0.3) is 5.69 Å². The van der Waals surface area contributed by atoms with E-state index >= 15 is 0 Å². The van der Waals surface area contributed by atoms with E-state index in [0.29, 0.717) is 35.2 Å². The molecule has 0 amide bonds. The van der Waals surface area contributed by atoms with Crippen molar-refractivity contribution in [2.24, 2.45) is 5.73 Å². The summed E-state index contributed by atoms with van der Waals surface area (Å²) < 4.78 is 12.2. The van der Waals surface area contributed by atoms with Gasteiger partial charge in [-0.1, -0.05) is 16.8 Å². The minimum atomic E-state index is 0.476. The van der Waals surface area contributed by atoms with Crippen LogP contribution in [-0.4, -0.2) is 35.8 Å². The van der Waals surface area contributed by atoms with Gasteiger partial charge in [-0.25, -0.2) is 4.68 Å². The molecule has 0 aliphatic heterocycles. The van der Waals surface area contributed by atoms with Gasteiger partial charge >= 0.3 is 0 Å². The van der Waals surface area contributed by atoms with Crippen LogP contribution in [0.5, 0.6) is 11.5 Å². The van der Waals surface area contributed by atoms with Crippen LogP contribution in [0.15, 0.2) is 18.3 Å². The maximum absolute atomic E-state index is 6.07. The monoisotopic (exact) mass is 282 g/mol. The van der Waals surface area contributed by atoms with E-state index in [2.05, 4.69) is 10.3 Å². The van der Waals surface area contributed by atoms with Crippen LogP contribution >= 0.6 is 11.6 Å². The predicted octanol–water partition coefficient (Wildman–Crippen LogP) is 1.44. The Balaban J connectivity index is 2.56. The molecule has 0 spiro atoms. The van der Waals surface area contributed by atoms with Crippen LogP contribution in [0.3, 0.4) is 0 Å². The first-order chi connectivity index (χ1) is 9.21. The summed E-state index contributed by atoms with van der Waals surface area (Å²) in [6.45, 7) is 0.514. The zero-order valence-corrected chi connectivity index (χ0v) is 11.5. The zero-order chi connectivity index (χ0) is 13.8. The van der Waals surface area contributed by atoms with Gasteiger partial charge in [0.1, 0.15) is 17.2 Å². The third kappa shape index (κ3) is 2.64. The van der Waals surface area contributed by atoms with Gasteiger partial charge in [0, 0.05) is 18.6 Å². The standard InChI is InChI=1S/C12H15ClN4O2/c1-18-11-6-10(12(19-2)5-9(11)13)17-8(3-4-14)7-15-16-17/h5-7H,3-4,14H2,1-2H3. The van der Waals surface area contributed by atoms with Crippen molar-refractivity contribution in [2.75, 3.05) is 20.8 Å². The first-order valence-corrected chi connectivity index (χ1v) is 6.10. The Labute approximate surface area is 116 Å². The van der Waals surface area contributed by atoms with Crippen molar-refractivity contribution in [3.05, 3.63) is 29.0 Å². The highest BCUT2D eigenvalue weighted by Crippen LogP contribution is 2.34. The summed E-state index contributed by atoms with van der Waals surface area (Å²) in [6, 6.07) is 3.44. The van der Waals surface area contributed by atoms with Crippen LogP contribution in [0.4, 0.5) is 0 Å². The summed E-state index contributed by atoms with van der Waals surface area (Å²) >= 11 is 6.07. The molecule has 0 aliphatic rings. The van der Waals surface area contributed by atoms with E-state index in [1.54, 1.807) is 37.2 Å². The van der Waals surface area contributed by atoms with Crippen molar-refractivity contribution in [3.8, 4) is 17.2 Å². The second-order valence-corrected chi connectivity index (χ2v) is 4.24. The normalized spacial score (nSPS) is 10.5. The highest BCUT2D eigenvalue weighted by Gasteiger charge is 2.15. The first-order valence-electron chi connectivity index (χ1n) is 5.72. The van der Waals surface area contributed by atoms with Crippen molar-refractivity contribution in [1.29, 1.82) is 0 Å². The molecule has 0 saturated heterocycles. The van der Waals surface area contributed by atoms with Crippen LogP contribution in [0, 0.1) is 0 Å². The summed E-state index contributed by atoms with van der Waals surface area (Å²) in [7, 11) is 3.13. The number of hydrogen-bond donors (Lipinski definition) is 1. The number of nitrogens with two attached hydrogens (primary N) is 1. The van der Waals surface area contributed by atoms with Crippen molar-refractivity contribution >= 4 is 11.6 Å². The fourth-order valence-corrected chi connectivity index (χ4v) is 2.02. The van der Waals surface area contributed by atoms with E-state index in [9.17, 15) is 0 Å². The van der Waals surface area contributed by atoms with Crippen molar-refractivity contribution in [2.45, 2.75) is 6.42 Å². The topological polar surface area (TPSA) is 75.2 Å². The molecule has 2 aromatic rings. The lowest BCUT2D eigenvalue weighted by atomic mass is 10.2. The summed E-state index contributed by atoms with van der Waals surface area (Å²) in [6.07, 6.45) is 2.34. The van der Waals surface area contributed by atoms with Gasteiger partial charge < -0.3 is 15.2 Å². The maximum atomic E-state index is 6.07.